The molecule has 1 atom stereocenters. The van der Waals surface area contributed by atoms with Crippen LogP contribution in [0.15, 0.2) is 12.3 Å². The number of halogens is 3. The van der Waals surface area contributed by atoms with Gasteiger partial charge in [-0.05, 0) is 6.07 Å². The van der Waals surface area contributed by atoms with Gasteiger partial charge in [0.05, 0.1) is 6.20 Å². The maximum Gasteiger partial charge on any atom is 0.272 e. The average Bonchev–Trinajstić information content (AvgIpc) is 2.38. The molecule has 0 radical (unpaired) electrons. The van der Waals surface area contributed by atoms with Crippen molar-refractivity contribution >= 4 is 11.6 Å². The lowest BCUT2D eigenvalue weighted by atomic mass is 10.6. The molecule has 1 aromatic rings. The molecule has 0 amide bonds. The van der Waals surface area contributed by atoms with Gasteiger partial charge in [0.25, 0.3) is 5.92 Å². The fraction of sp³-hybridized carbons (Fsp3) is 0.500. The van der Waals surface area contributed by atoms with Crippen LogP contribution in [0, 0.1) is 0 Å². The monoisotopic (exact) mass is 178 g/mol. The molecule has 0 N–H and O–H groups in total. The molecule has 0 bridgehead atoms. The van der Waals surface area contributed by atoms with Crippen molar-refractivity contribution in [2.24, 2.45) is 0 Å². The maximum atomic E-state index is 12.4. The molecule has 2 nitrogen and oxygen atoms in total. The van der Waals surface area contributed by atoms with Crippen molar-refractivity contribution in [2.75, 3.05) is 0 Å². The van der Waals surface area contributed by atoms with Gasteiger partial charge >= 0.3 is 0 Å². The predicted octanol–water partition coefficient (Wildman–Crippen LogP) is 2.12. The third-order valence-corrected chi connectivity index (χ3v) is 2.01. The van der Waals surface area contributed by atoms with Crippen molar-refractivity contribution in [3.63, 3.8) is 0 Å². The molecule has 60 valence electrons. The molecule has 1 aromatic heterocycles. The number of rotatable bonds is 1. The Kier molecular flexibility index (Phi) is 1.24. The van der Waals surface area contributed by atoms with E-state index in [0.29, 0.717) is 0 Å². The van der Waals surface area contributed by atoms with E-state index in [9.17, 15) is 8.78 Å². The number of aromatic nitrogens is 2. The van der Waals surface area contributed by atoms with Gasteiger partial charge in [-0.2, -0.15) is 5.10 Å². The lowest BCUT2D eigenvalue weighted by Gasteiger charge is -1.98. The summed E-state index contributed by atoms with van der Waals surface area (Å²) in [7, 11) is 0. The summed E-state index contributed by atoms with van der Waals surface area (Å²) in [4.78, 5) is 0. The summed E-state index contributed by atoms with van der Waals surface area (Å²) in [5, 5.41) is 3.95. The first-order valence-corrected chi connectivity index (χ1v) is 3.56. The van der Waals surface area contributed by atoms with Gasteiger partial charge in [0.2, 0.25) is 0 Å². The lowest BCUT2D eigenvalue weighted by molar-refractivity contribution is 0.0984. The molecule has 1 fully saturated rings. The highest BCUT2D eigenvalue weighted by molar-refractivity contribution is 6.29. The van der Waals surface area contributed by atoms with Gasteiger partial charge in [-0.15, -0.1) is 0 Å². The lowest BCUT2D eigenvalue weighted by Crippen LogP contribution is -2.03. The minimum atomic E-state index is -2.60. The quantitative estimate of drug-likeness (QED) is 0.644. The first-order chi connectivity index (χ1) is 5.11. The van der Waals surface area contributed by atoms with Crippen LogP contribution in [-0.2, 0) is 0 Å². The summed E-state index contributed by atoms with van der Waals surface area (Å²) in [5.41, 5.74) is 0. The number of alkyl halides is 2. The normalized spacial score (nSPS) is 27.0. The minimum Gasteiger partial charge on any atom is -0.245 e. The van der Waals surface area contributed by atoms with Gasteiger partial charge in [-0.1, -0.05) is 11.6 Å². The molecule has 11 heavy (non-hydrogen) atoms. The largest absolute Gasteiger partial charge is 0.272 e. The molecule has 1 saturated carbocycles. The zero-order valence-electron chi connectivity index (χ0n) is 5.47. The zero-order chi connectivity index (χ0) is 8.06. The van der Waals surface area contributed by atoms with Gasteiger partial charge in [0.15, 0.2) is 0 Å². The van der Waals surface area contributed by atoms with Crippen LogP contribution in [0.4, 0.5) is 8.78 Å². The summed E-state index contributed by atoms with van der Waals surface area (Å²) in [6, 6.07) is 0.681. The third kappa shape index (κ3) is 1.01. The number of hydrogen-bond acceptors (Lipinski definition) is 1. The van der Waals surface area contributed by atoms with Crippen molar-refractivity contribution in [3.05, 3.63) is 17.4 Å². The molecular weight excluding hydrogens is 174 g/mol. The summed E-state index contributed by atoms with van der Waals surface area (Å²) >= 11 is 5.57. The van der Waals surface area contributed by atoms with Gasteiger partial charge in [-0.25, -0.2) is 13.5 Å². The van der Waals surface area contributed by atoms with Crippen LogP contribution < -0.4 is 0 Å². The van der Waals surface area contributed by atoms with E-state index in [1.165, 1.54) is 12.3 Å². The molecular formula is C6H5ClF2N2. The predicted molar refractivity (Wildman–Crippen MR) is 35.8 cm³/mol. The molecule has 0 spiro atoms. The van der Waals surface area contributed by atoms with E-state index in [0.717, 1.165) is 4.68 Å². The minimum absolute atomic E-state index is 0.144. The van der Waals surface area contributed by atoms with Crippen LogP contribution in [-0.4, -0.2) is 15.7 Å². The Morgan fingerprint density at radius 1 is 1.73 bits per heavy atom. The highest BCUT2D eigenvalue weighted by atomic mass is 35.5. The number of hydrogen-bond donors (Lipinski definition) is 0. The Balaban J connectivity index is 2.27. The smallest absolute Gasteiger partial charge is 0.245 e. The maximum absolute atomic E-state index is 12.4. The van der Waals surface area contributed by atoms with Crippen LogP contribution in [0.5, 0.6) is 0 Å². The second kappa shape index (κ2) is 1.94. The van der Waals surface area contributed by atoms with Crippen LogP contribution in [0.3, 0.4) is 0 Å². The molecule has 1 aliphatic carbocycles. The second-order valence-electron chi connectivity index (χ2n) is 2.58. The number of nitrogens with zero attached hydrogens (tertiary/aromatic N) is 2. The summed E-state index contributed by atoms with van der Waals surface area (Å²) in [6.45, 7) is 0. The van der Waals surface area contributed by atoms with Gasteiger partial charge < -0.3 is 0 Å². The van der Waals surface area contributed by atoms with Crippen LogP contribution in [0.25, 0.3) is 0 Å². The zero-order valence-corrected chi connectivity index (χ0v) is 6.22. The van der Waals surface area contributed by atoms with E-state index in [2.05, 4.69) is 5.10 Å². The molecule has 1 heterocycles. The molecule has 0 aromatic carbocycles. The standard InChI is InChI=1S/C6H5ClF2N2/c7-5-1-2-10-11(5)4-3-6(4,8)9/h1-2,4H,3H2. The topological polar surface area (TPSA) is 17.8 Å². The molecule has 1 unspecified atom stereocenters. The van der Waals surface area contributed by atoms with Crippen molar-refractivity contribution in [2.45, 2.75) is 18.4 Å². The summed E-state index contributed by atoms with van der Waals surface area (Å²) in [6.07, 6.45) is 1.27. The van der Waals surface area contributed by atoms with Crippen molar-refractivity contribution < 1.29 is 8.78 Å². The fourth-order valence-electron chi connectivity index (χ4n) is 0.992. The third-order valence-electron chi connectivity index (χ3n) is 1.71. The Bertz CT molecular complexity index is 284. The first kappa shape index (κ1) is 7.03. The van der Waals surface area contributed by atoms with Gasteiger partial charge in [0, 0.05) is 6.42 Å². The second-order valence-corrected chi connectivity index (χ2v) is 2.97. The summed E-state index contributed by atoms with van der Waals surface area (Å²) < 4.78 is 26.0. The Hall–Kier alpha value is -0.640. The van der Waals surface area contributed by atoms with Crippen molar-refractivity contribution in [1.82, 2.24) is 9.78 Å². The van der Waals surface area contributed by atoms with E-state index in [1.54, 1.807) is 0 Å². The molecule has 0 aliphatic heterocycles. The van der Waals surface area contributed by atoms with Crippen LogP contribution in [0.2, 0.25) is 5.15 Å². The SMILES string of the molecule is FC1(F)CC1n1nccc1Cl. The van der Waals surface area contributed by atoms with Gasteiger partial charge in [-0.3, -0.25) is 0 Å². The van der Waals surface area contributed by atoms with E-state index < -0.39 is 12.0 Å². The van der Waals surface area contributed by atoms with Crippen LogP contribution in [0.1, 0.15) is 12.5 Å². The Morgan fingerprint density at radius 3 is 2.73 bits per heavy atom. The van der Waals surface area contributed by atoms with E-state index in [-0.39, 0.29) is 11.6 Å². The molecule has 1 aliphatic rings. The first-order valence-electron chi connectivity index (χ1n) is 3.18. The average molecular weight is 179 g/mol. The van der Waals surface area contributed by atoms with E-state index in [1.807, 2.05) is 0 Å². The Morgan fingerprint density at radius 2 is 2.36 bits per heavy atom. The highest BCUT2D eigenvalue weighted by Gasteiger charge is 2.59. The molecule has 0 saturated heterocycles. The molecule has 5 heteroatoms. The van der Waals surface area contributed by atoms with E-state index in [4.69, 9.17) is 11.6 Å². The fourth-order valence-corrected chi connectivity index (χ4v) is 1.21. The van der Waals surface area contributed by atoms with Crippen LogP contribution >= 0.6 is 11.6 Å². The van der Waals surface area contributed by atoms with E-state index >= 15 is 0 Å². The van der Waals surface area contributed by atoms with Crippen molar-refractivity contribution in [3.8, 4) is 0 Å². The Labute approximate surface area is 66.8 Å². The molecule has 2 rings (SSSR count). The van der Waals surface area contributed by atoms with Gasteiger partial charge in [0.1, 0.15) is 11.2 Å². The highest BCUT2D eigenvalue weighted by Crippen LogP contribution is 2.52. The van der Waals surface area contributed by atoms with Crippen molar-refractivity contribution in [1.29, 1.82) is 0 Å². The summed E-state index contributed by atoms with van der Waals surface area (Å²) in [5.74, 6) is -2.60.